The van der Waals surface area contributed by atoms with Gasteiger partial charge in [0, 0.05) is 57.2 Å². The summed E-state index contributed by atoms with van der Waals surface area (Å²) in [4.78, 5) is 26.9. The van der Waals surface area contributed by atoms with Gasteiger partial charge in [-0.05, 0) is 24.6 Å². The van der Waals surface area contributed by atoms with Crippen LogP contribution in [-0.2, 0) is 4.74 Å². The van der Waals surface area contributed by atoms with Gasteiger partial charge in [-0.2, -0.15) is 0 Å². The van der Waals surface area contributed by atoms with E-state index in [4.69, 9.17) is 19.7 Å². The van der Waals surface area contributed by atoms with Crippen LogP contribution < -0.4 is 9.80 Å². The maximum atomic E-state index is 5.46. The summed E-state index contributed by atoms with van der Waals surface area (Å²) < 4.78 is 5.46. The van der Waals surface area contributed by atoms with Gasteiger partial charge in [0.15, 0.2) is 0 Å². The lowest BCUT2D eigenvalue weighted by Crippen LogP contribution is -2.45. The number of aromatic nitrogens is 4. The number of hydrogen-bond donors (Lipinski definition) is 0. The molecule has 5 rings (SSSR count). The van der Waals surface area contributed by atoms with E-state index in [-0.39, 0.29) is 0 Å². The second kappa shape index (κ2) is 8.63. The topological polar surface area (TPSA) is 70.5 Å². The van der Waals surface area contributed by atoms with Crippen LogP contribution in [0.1, 0.15) is 0 Å². The van der Waals surface area contributed by atoms with E-state index in [0.717, 1.165) is 73.0 Å². The maximum Gasteiger partial charge on any atom is 0.226 e. The van der Waals surface area contributed by atoms with Gasteiger partial charge in [-0.25, -0.2) is 19.9 Å². The van der Waals surface area contributed by atoms with Crippen molar-refractivity contribution in [1.82, 2.24) is 24.8 Å². The van der Waals surface area contributed by atoms with Crippen molar-refractivity contribution in [2.45, 2.75) is 0 Å². The van der Waals surface area contributed by atoms with Gasteiger partial charge in [0.05, 0.1) is 29.5 Å². The lowest BCUT2D eigenvalue weighted by atomic mass is 10.1. The number of piperazine rings is 1. The second-order valence-electron chi connectivity index (χ2n) is 7.54. The Bertz CT molecular complexity index is 983. The SMILES string of the molecule is CN1CCN(c2ncc(-c3ccnc(N4CCOCC4)n3)c(-c3cccs3)n2)CC1. The third kappa shape index (κ3) is 4.00. The molecule has 5 heterocycles. The number of ether oxygens (including phenoxy) is 1. The van der Waals surface area contributed by atoms with Gasteiger partial charge < -0.3 is 19.4 Å². The summed E-state index contributed by atoms with van der Waals surface area (Å²) in [6, 6.07) is 6.10. The zero-order valence-corrected chi connectivity index (χ0v) is 17.9. The summed E-state index contributed by atoms with van der Waals surface area (Å²) >= 11 is 1.69. The number of likely N-dealkylation sites (N-methyl/N-ethyl adjacent to an activating group) is 1. The highest BCUT2D eigenvalue weighted by Gasteiger charge is 2.21. The van der Waals surface area contributed by atoms with Crippen LogP contribution >= 0.6 is 11.3 Å². The van der Waals surface area contributed by atoms with E-state index in [1.807, 2.05) is 18.5 Å². The van der Waals surface area contributed by atoms with Gasteiger partial charge in [-0.15, -0.1) is 11.3 Å². The molecular weight excluding hydrogens is 398 g/mol. The molecule has 0 unspecified atom stereocenters. The minimum Gasteiger partial charge on any atom is -0.378 e. The van der Waals surface area contributed by atoms with Crippen LogP contribution in [0.25, 0.3) is 21.8 Å². The minimum absolute atomic E-state index is 0.705. The standard InChI is InChI=1S/C21H25N7OS/c1-26-6-8-27(9-7-26)21-23-15-16(19(25-21)18-3-2-14-30-18)17-4-5-22-20(24-17)28-10-12-29-13-11-28/h2-5,14-15H,6-13H2,1H3. The number of nitrogens with zero attached hydrogens (tertiary/aromatic N) is 7. The quantitative estimate of drug-likeness (QED) is 0.633. The van der Waals surface area contributed by atoms with Crippen molar-refractivity contribution >= 4 is 23.2 Å². The van der Waals surface area contributed by atoms with Crippen molar-refractivity contribution in [2.75, 3.05) is 69.3 Å². The normalized spacial score (nSPS) is 18.0. The van der Waals surface area contributed by atoms with Crippen molar-refractivity contribution in [2.24, 2.45) is 0 Å². The van der Waals surface area contributed by atoms with Crippen molar-refractivity contribution in [3.8, 4) is 21.8 Å². The molecule has 0 amide bonds. The Labute approximate surface area is 180 Å². The van der Waals surface area contributed by atoms with Gasteiger partial charge in [-0.3, -0.25) is 0 Å². The van der Waals surface area contributed by atoms with E-state index in [1.54, 1.807) is 11.3 Å². The molecule has 0 radical (unpaired) electrons. The van der Waals surface area contributed by atoms with Crippen LogP contribution in [-0.4, -0.2) is 84.4 Å². The lowest BCUT2D eigenvalue weighted by molar-refractivity contribution is 0.122. The molecule has 0 N–H and O–H groups in total. The molecule has 30 heavy (non-hydrogen) atoms. The summed E-state index contributed by atoms with van der Waals surface area (Å²) in [6.45, 7) is 6.94. The van der Waals surface area contributed by atoms with Crippen LogP contribution in [0.15, 0.2) is 36.0 Å². The van der Waals surface area contributed by atoms with Crippen LogP contribution in [0.3, 0.4) is 0 Å². The van der Waals surface area contributed by atoms with Crippen molar-refractivity contribution in [3.63, 3.8) is 0 Å². The number of hydrogen-bond acceptors (Lipinski definition) is 9. The van der Waals surface area contributed by atoms with E-state index in [1.165, 1.54) is 0 Å². The highest BCUT2D eigenvalue weighted by Crippen LogP contribution is 2.33. The van der Waals surface area contributed by atoms with E-state index in [9.17, 15) is 0 Å². The fraction of sp³-hybridized carbons (Fsp3) is 0.429. The maximum absolute atomic E-state index is 5.46. The monoisotopic (exact) mass is 423 g/mol. The number of rotatable bonds is 4. The summed E-state index contributed by atoms with van der Waals surface area (Å²) in [6.07, 6.45) is 3.74. The molecule has 2 fully saturated rings. The Morgan fingerprint density at radius 2 is 1.67 bits per heavy atom. The Balaban J connectivity index is 1.52. The summed E-state index contributed by atoms with van der Waals surface area (Å²) in [5.74, 6) is 1.52. The highest BCUT2D eigenvalue weighted by molar-refractivity contribution is 7.13. The predicted octanol–water partition coefficient (Wildman–Crippen LogP) is 2.25. The zero-order valence-electron chi connectivity index (χ0n) is 17.1. The van der Waals surface area contributed by atoms with E-state index < -0.39 is 0 Å². The molecular formula is C21H25N7OS. The van der Waals surface area contributed by atoms with Crippen LogP contribution in [0.5, 0.6) is 0 Å². The zero-order chi connectivity index (χ0) is 20.3. The number of anilines is 2. The molecule has 0 spiro atoms. The molecule has 0 atom stereocenters. The summed E-state index contributed by atoms with van der Waals surface area (Å²) in [5, 5.41) is 2.08. The van der Waals surface area contributed by atoms with Gasteiger partial charge in [0.1, 0.15) is 0 Å². The molecule has 2 aliphatic heterocycles. The molecule has 2 aliphatic rings. The predicted molar refractivity (Wildman–Crippen MR) is 119 cm³/mol. The Morgan fingerprint density at radius 1 is 0.900 bits per heavy atom. The Hall–Kier alpha value is -2.62. The lowest BCUT2D eigenvalue weighted by Gasteiger charge is -2.32. The first-order chi connectivity index (χ1) is 14.8. The number of thiophene rings is 1. The largest absolute Gasteiger partial charge is 0.378 e. The number of morpholine rings is 1. The first-order valence-corrected chi connectivity index (χ1v) is 11.2. The minimum atomic E-state index is 0.705. The van der Waals surface area contributed by atoms with Crippen molar-refractivity contribution in [3.05, 3.63) is 36.0 Å². The molecule has 2 saturated heterocycles. The second-order valence-corrected chi connectivity index (χ2v) is 8.49. The third-order valence-corrected chi connectivity index (χ3v) is 6.41. The highest BCUT2D eigenvalue weighted by atomic mass is 32.1. The smallest absolute Gasteiger partial charge is 0.226 e. The van der Waals surface area contributed by atoms with Crippen molar-refractivity contribution < 1.29 is 4.74 Å². The van der Waals surface area contributed by atoms with Gasteiger partial charge in [0.25, 0.3) is 0 Å². The Kier molecular flexibility index (Phi) is 5.56. The van der Waals surface area contributed by atoms with Crippen LogP contribution in [0.2, 0.25) is 0 Å². The first kappa shape index (κ1) is 19.3. The average molecular weight is 424 g/mol. The van der Waals surface area contributed by atoms with Crippen molar-refractivity contribution in [1.29, 1.82) is 0 Å². The van der Waals surface area contributed by atoms with E-state index in [2.05, 4.69) is 44.2 Å². The summed E-state index contributed by atoms with van der Waals surface area (Å²) in [5.41, 5.74) is 2.72. The molecule has 0 bridgehead atoms. The molecule has 156 valence electrons. The molecule has 9 heteroatoms. The molecule has 0 aliphatic carbocycles. The fourth-order valence-corrected chi connectivity index (χ4v) is 4.46. The van der Waals surface area contributed by atoms with Gasteiger partial charge in [0.2, 0.25) is 11.9 Å². The first-order valence-electron chi connectivity index (χ1n) is 10.3. The molecule has 0 aromatic carbocycles. The van der Waals surface area contributed by atoms with Gasteiger partial charge >= 0.3 is 0 Å². The van der Waals surface area contributed by atoms with E-state index in [0.29, 0.717) is 13.2 Å². The Morgan fingerprint density at radius 3 is 2.43 bits per heavy atom. The van der Waals surface area contributed by atoms with Gasteiger partial charge in [-0.1, -0.05) is 6.07 Å². The average Bonchev–Trinajstić information content (AvgIpc) is 3.35. The fourth-order valence-electron chi connectivity index (χ4n) is 3.73. The molecule has 8 nitrogen and oxygen atoms in total. The molecule has 3 aromatic rings. The van der Waals surface area contributed by atoms with Crippen LogP contribution in [0, 0.1) is 0 Å². The van der Waals surface area contributed by atoms with Crippen LogP contribution in [0.4, 0.5) is 11.9 Å². The third-order valence-electron chi connectivity index (χ3n) is 5.53. The summed E-state index contributed by atoms with van der Waals surface area (Å²) in [7, 11) is 2.15. The molecule has 3 aromatic heterocycles. The molecule has 0 saturated carbocycles. The van der Waals surface area contributed by atoms with E-state index >= 15 is 0 Å².